The molecule has 106 valence electrons. The number of nitrogens with one attached hydrogen (secondary N) is 1. The Kier molecular flexibility index (Phi) is 5.24. The highest BCUT2D eigenvalue weighted by atomic mass is 32.2. The van der Waals surface area contributed by atoms with E-state index in [0.29, 0.717) is 0 Å². The maximum atomic E-state index is 5.74. The molecule has 2 aromatic carbocycles. The van der Waals surface area contributed by atoms with E-state index in [1.54, 1.807) is 0 Å². The van der Waals surface area contributed by atoms with Crippen LogP contribution in [0.4, 0.5) is 0 Å². The van der Waals surface area contributed by atoms with Gasteiger partial charge in [0.25, 0.3) is 0 Å². The van der Waals surface area contributed by atoms with Crippen molar-refractivity contribution < 1.29 is 0 Å². The summed E-state index contributed by atoms with van der Waals surface area (Å²) in [7, 11) is 0. The second-order valence-corrected chi connectivity index (χ2v) is 6.30. The third kappa shape index (κ3) is 3.85. The van der Waals surface area contributed by atoms with Gasteiger partial charge in [-0.1, -0.05) is 41.5 Å². The number of nitrogens with two attached hydrogens (primary N) is 1. The minimum Gasteiger partial charge on any atom is -0.271 e. The molecule has 3 N–H and O–H groups in total. The topological polar surface area (TPSA) is 38.0 Å². The van der Waals surface area contributed by atoms with Crippen molar-refractivity contribution in [2.75, 3.05) is 5.75 Å². The first kappa shape index (κ1) is 15.1. The molecule has 0 heterocycles. The molecule has 0 radical (unpaired) electrons. The second-order valence-electron chi connectivity index (χ2n) is 5.20. The van der Waals surface area contributed by atoms with Gasteiger partial charge in [0.1, 0.15) is 0 Å². The Morgan fingerprint density at radius 3 is 2.25 bits per heavy atom. The normalized spacial score (nSPS) is 12.4. The minimum atomic E-state index is 0.168. The maximum Gasteiger partial charge on any atom is 0.0556 e. The highest BCUT2D eigenvalue weighted by molar-refractivity contribution is 7.99. The van der Waals surface area contributed by atoms with Gasteiger partial charge >= 0.3 is 0 Å². The first-order chi connectivity index (χ1) is 9.60. The van der Waals surface area contributed by atoms with Gasteiger partial charge in [0.15, 0.2) is 0 Å². The fourth-order valence-electron chi connectivity index (χ4n) is 2.26. The number of hydrazine groups is 1. The molecule has 2 aromatic rings. The van der Waals surface area contributed by atoms with Gasteiger partial charge in [-0.2, -0.15) is 0 Å². The molecule has 1 atom stereocenters. The Morgan fingerprint density at radius 1 is 1.00 bits per heavy atom. The molecular formula is C17H22N2S. The van der Waals surface area contributed by atoms with Gasteiger partial charge in [0.05, 0.1) is 6.04 Å². The van der Waals surface area contributed by atoms with Gasteiger partial charge < -0.3 is 0 Å². The van der Waals surface area contributed by atoms with Crippen molar-refractivity contribution in [3.05, 3.63) is 64.7 Å². The van der Waals surface area contributed by atoms with E-state index in [1.165, 1.54) is 27.1 Å². The molecule has 2 nitrogen and oxygen atoms in total. The third-order valence-electron chi connectivity index (χ3n) is 3.44. The molecular weight excluding hydrogens is 264 g/mol. The Morgan fingerprint density at radius 2 is 1.65 bits per heavy atom. The largest absolute Gasteiger partial charge is 0.271 e. The van der Waals surface area contributed by atoms with E-state index in [1.807, 2.05) is 11.8 Å². The van der Waals surface area contributed by atoms with Crippen LogP contribution in [0.15, 0.2) is 47.4 Å². The molecule has 0 spiro atoms. The van der Waals surface area contributed by atoms with Crippen molar-refractivity contribution in [2.45, 2.75) is 31.7 Å². The monoisotopic (exact) mass is 286 g/mol. The van der Waals surface area contributed by atoms with Crippen LogP contribution >= 0.6 is 11.8 Å². The predicted molar refractivity (Wildman–Crippen MR) is 87.9 cm³/mol. The van der Waals surface area contributed by atoms with E-state index in [0.717, 1.165) is 5.75 Å². The van der Waals surface area contributed by atoms with Crippen molar-refractivity contribution in [3.63, 3.8) is 0 Å². The molecule has 0 aliphatic carbocycles. The van der Waals surface area contributed by atoms with Crippen LogP contribution in [0.5, 0.6) is 0 Å². The molecule has 0 amide bonds. The Hall–Kier alpha value is -1.29. The number of hydrogen-bond acceptors (Lipinski definition) is 3. The molecule has 0 aromatic heterocycles. The molecule has 20 heavy (non-hydrogen) atoms. The lowest BCUT2D eigenvalue weighted by molar-refractivity contribution is 0.607. The maximum absolute atomic E-state index is 5.74. The molecule has 1 unspecified atom stereocenters. The number of hydrogen-bond donors (Lipinski definition) is 2. The fraction of sp³-hybridized carbons (Fsp3) is 0.294. The smallest absolute Gasteiger partial charge is 0.0556 e. The molecule has 0 aliphatic heterocycles. The zero-order valence-corrected chi connectivity index (χ0v) is 13.1. The van der Waals surface area contributed by atoms with Gasteiger partial charge in [-0.3, -0.25) is 11.3 Å². The van der Waals surface area contributed by atoms with E-state index in [4.69, 9.17) is 5.84 Å². The number of rotatable bonds is 5. The molecule has 0 bridgehead atoms. The highest BCUT2D eigenvalue weighted by Gasteiger charge is 2.12. The zero-order chi connectivity index (χ0) is 14.5. The lowest BCUT2D eigenvalue weighted by Gasteiger charge is -2.18. The highest BCUT2D eigenvalue weighted by Crippen LogP contribution is 2.26. The average Bonchev–Trinajstić information content (AvgIpc) is 2.43. The molecule has 2 rings (SSSR count). The van der Waals surface area contributed by atoms with Gasteiger partial charge in [-0.25, -0.2) is 0 Å². The van der Waals surface area contributed by atoms with Crippen LogP contribution < -0.4 is 11.3 Å². The van der Waals surface area contributed by atoms with Crippen LogP contribution in [-0.2, 0) is 0 Å². The number of aryl methyl sites for hydroxylation is 3. The zero-order valence-electron chi connectivity index (χ0n) is 12.3. The van der Waals surface area contributed by atoms with Crippen LogP contribution in [0.1, 0.15) is 28.3 Å². The average molecular weight is 286 g/mol. The number of thioether (sulfide) groups is 1. The van der Waals surface area contributed by atoms with E-state index < -0.39 is 0 Å². The van der Waals surface area contributed by atoms with Crippen molar-refractivity contribution in [1.29, 1.82) is 0 Å². The van der Waals surface area contributed by atoms with Crippen LogP contribution in [0.2, 0.25) is 0 Å². The molecule has 0 saturated heterocycles. The van der Waals surface area contributed by atoms with Crippen LogP contribution in [0.25, 0.3) is 0 Å². The molecule has 0 aliphatic rings. The summed E-state index contributed by atoms with van der Waals surface area (Å²) in [5.41, 5.74) is 8.08. The summed E-state index contributed by atoms with van der Waals surface area (Å²) >= 11 is 1.83. The van der Waals surface area contributed by atoms with Gasteiger partial charge in [-0.05, 0) is 44.0 Å². The minimum absolute atomic E-state index is 0.168. The summed E-state index contributed by atoms with van der Waals surface area (Å²) in [5, 5.41) is 0. The standard InChI is InChI=1S/C17H22N2S/c1-12-4-7-15(8-5-12)20-11-17(19-18)16-9-6-13(2)10-14(16)3/h4-10,17,19H,11,18H2,1-3H3. The molecule has 3 heteroatoms. The summed E-state index contributed by atoms with van der Waals surface area (Å²) in [6, 6.07) is 15.3. The lowest BCUT2D eigenvalue weighted by Crippen LogP contribution is -2.30. The number of benzene rings is 2. The summed E-state index contributed by atoms with van der Waals surface area (Å²) in [6.07, 6.45) is 0. The van der Waals surface area contributed by atoms with Gasteiger partial charge in [0.2, 0.25) is 0 Å². The third-order valence-corrected chi connectivity index (χ3v) is 4.55. The second kappa shape index (κ2) is 6.93. The fourth-order valence-corrected chi connectivity index (χ4v) is 3.22. The van der Waals surface area contributed by atoms with E-state index >= 15 is 0 Å². The SMILES string of the molecule is Cc1ccc(SCC(NN)c2ccc(C)cc2C)cc1. The Labute approximate surface area is 125 Å². The summed E-state index contributed by atoms with van der Waals surface area (Å²) in [4.78, 5) is 1.28. The van der Waals surface area contributed by atoms with Crippen LogP contribution in [0.3, 0.4) is 0 Å². The lowest BCUT2D eigenvalue weighted by atomic mass is 10.0. The summed E-state index contributed by atoms with van der Waals surface area (Å²) < 4.78 is 0. The van der Waals surface area contributed by atoms with Gasteiger partial charge in [-0.15, -0.1) is 11.8 Å². The van der Waals surface area contributed by atoms with E-state index in [9.17, 15) is 0 Å². The van der Waals surface area contributed by atoms with Crippen molar-refractivity contribution in [2.24, 2.45) is 5.84 Å². The van der Waals surface area contributed by atoms with Crippen molar-refractivity contribution >= 4 is 11.8 Å². The first-order valence-electron chi connectivity index (χ1n) is 6.83. The summed E-state index contributed by atoms with van der Waals surface area (Å²) in [5.74, 6) is 6.66. The summed E-state index contributed by atoms with van der Waals surface area (Å²) in [6.45, 7) is 6.36. The predicted octanol–water partition coefficient (Wildman–Crippen LogP) is 3.91. The first-order valence-corrected chi connectivity index (χ1v) is 7.81. The molecule has 0 fully saturated rings. The Bertz CT molecular complexity index is 564. The Balaban J connectivity index is 2.07. The van der Waals surface area contributed by atoms with Crippen molar-refractivity contribution in [1.82, 2.24) is 5.43 Å². The van der Waals surface area contributed by atoms with Gasteiger partial charge in [0, 0.05) is 10.6 Å². The van der Waals surface area contributed by atoms with Crippen molar-refractivity contribution in [3.8, 4) is 0 Å². The van der Waals surface area contributed by atoms with E-state index in [-0.39, 0.29) is 6.04 Å². The van der Waals surface area contributed by atoms with Crippen LogP contribution in [-0.4, -0.2) is 5.75 Å². The van der Waals surface area contributed by atoms with E-state index in [2.05, 4.69) is 68.7 Å². The van der Waals surface area contributed by atoms with Crippen LogP contribution in [0, 0.1) is 20.8 Å². The quantitative estimate of drug-likeness (QED) is 0.497. The molecule has 0 saturated carbocycles.